The lowest BCUT2D eigenvalue weighted by molar-refractivity contribution is 0.651. The molecule has 17 heavy (non-hydrogen) atoms. The SMILES string of the molecule is C=Cc1cnc(Cl)cc1C=N[S@@](=O)C(C)(C)C. The van der Waals surface area contributed by atoms with E-state index >= 15 is 0 Å². The van der Waals surface area contributed by atoms with Crippen LogP contribution in [0, 0.1) is 0 Å². The van der Waals surface area contributed by atoms with Crippen molar-refractivity contribution in [3.8, 4) is 0 Å². The van der Waals surface area contributed by atoms with Crippen molar-refractivity contribution in [1.82, 2.24) is 4.98 Å². The second-order valence-electron chi connectivity index (χ2n) is 4.44. The summed E-state index contributed by atoms with van der Waals surface area (Å²) in [6.45, 7) is 9.28. The molecule has 1 aromatic heterocycles. The number of pyridine rings is 1. The summed E-state index contributed by atoms with van der Waals surface area (Å²) in [5, 5.41) is 0.374. The van der Waals surface area contributed by atoms with E-state index in [1.54, 1.807) is 24.6 Å². The Balaban J connectivity index is 3.03. The first-order valence-electron chi connectivity index (χ1n) is 5.08. The van der Waals surface area contributed by atoms with E-state index in [1.807, 2.05) is 20.8 Å². The fourth-order valence-electron chi connectivity index (χ4n) is 1.000. The summed E-state index contributed by atoms with van der Waals surface area (Å²) in [6, 6.07) is 1.67. The summed E-state index contributed by atoms with van der Waals surface area (Å²) >= 11 is 5.80. The number of hydrogen-bond donors (Lipinski definition) is 0. The van der Waals surface area contributed by atoms with Gasteiger partial charge in [-0.25, -0.2) is 9.19 Å². The second kappa shape index (κ2) is 5.56. The van der Waals surface area contributed by atoms with Gasteiger partial charge in [0.15, 0.2) is 0 Å². The van der Waals surface area contributed by atoms with Gasteiger partial charge in [-0.15, -0.1) is 0 Å². The van der Waals surface area contributed by atoms with Crippen LogP contribution in [0.4, 0.5) is 0 Å². The van der Waals surface area contributed by atoms with Gasteiger partial charge < -0.3 is 0 Å². The van der Waals surface area contributed by atoms with Gasteiger partial charge in [-0.3, -0.25) is 0 Å². The van der Waals surface area contributed by atoms with Gasteiger partial charge in [0, 0.05) is 23.5 Å². The van der Waals surface area contributed by atoms with Crippen LogP contribution in [0.1, 0.15) is 31.9 Å². The van der Waals surface area contributed by atoms with Crippen LogP contribution in [-0.4, -0.2) is 20.2 Å². The first kappa shape index (κ1) is 14.1. The van der Waals surface area contributed by atoms with Gasteiger partial charge in [-0.2, -0.15) is 4.40 Å². The third-order valence-corrected chi connectivity index (χ3v) is 3.52. The van der Waals surface area contributed by atoms with E-state index in [0.29, 0.717) is 5.15 Å². The van der Waals surface area contributed by atoms with Crippen LogP contribution in [0.5, 0.6) is 0 Å². The predicted octanol–water partition coefficient (Wildman–Crippen LogP) is 3.26. The Labute approximate surface area is 109 Å². The molecular formula is C12H15ClN2OS. The normalized spacial score (nSPS) is 13.9. The molecule has 1 atom stereocenters. The molecule has 0 N–H and O–H groups in total. The maximum absolute atomic E-state index is 11.8. The van der Waals surface area contributed by atoms with Gasteiger partial charge in [0.2, 0.25) is 0 Å². The molecule has 1 heterocycles. The van der Waals surface area contributed by atoms with Crippen LogP contribution in [0.15, 0.2) is 23.2 Å². The molecule has 0 fully saturated rings. The van der Waals surface area contributed by atoms with E-state index in [4.69, 9.17) is 11.6 Å². The zero-order chi connectivity index (χ0) is 13.1. The van der Waals surface area contributed by atoms with Crippen molar-refractivity contribution in [2.45, 2.75) is 25.5 Å². The van der Waals surface area contributed by atoms with Crippen LogP contribution in [-0.2, 0) is 11.0 Å². The molecule has 1 aromatic rings. The Hall–Kier alpha value is -1.00. The number of rotatable bonds is 3. The Morgan fingerprint density at radius 2 is 2.12 bits per heavy atom. The summed E-state index contributed by atoms with van der Waals surface area (Å²) < 4.78 is 15.4. The van der Waals surface area contributed by atoms with Crippen LogP contribution < -0.4 is 0 Å². The summed E-state index contributed by atoms with van der Waals surface area (Å²) in [5.41, 5.74) is 1.57. The van der Waals surface area contributed by atoms with Gasteiger partial charge in [-0.05, 0) is 26.8 Å². The molecular weight excluding hydrogens is 256 g/mol. The minimum atomic E-state index is -1.28. The van der Waals surface area contributed by atoms with Crippen LogP contribution in [0.3, 0.4) is 0 Å². The molecule has 0 spiro atoms. The molecule has 0 aromatic carbocycles. The zero-order valence-electron chi connectivity index (χ0n) is 10.1. The third kappa shape index (κ3) is 4.06. The molecule has 5 heteroatoms. The highest BCUT2D eigenvalue weighted by molar-refractivity contribution is 7.85. The molecule has 0 saturated heterocycles. The van der Waals surface area contributed by atoms with Crippen molar-refractivity contribution in [1.29, 1.82) is 0 Å². The fraction of sp³-hybridized carbons (Fsp3) is 0.333. The van der Waals surface area contributed by atoms with Crippen LogP contribution in [0.25, 0.3) is 6.08 Å². The zero-order valence-corrected chi connectivity index (χ0v) is 11.7. The highest BCUT2D eigenvalue weighted by Gasteiger charge is 2.18. The van der Waals surface area contributed by atoms with Crippen molar-refractivity contribution in [3.05, 3.63) is 35.1 Å². The molecule has 0 bridgehead atoms. The molecule has 0 saturated carbocycles. The molecule has 1 rings (SSSR count). The Bertz CT molecular complexity index is 478. The first-order chi connectivity index (χ1) is 7.84. The van der Waals surface area contributed by atoms with E-state index in [0.717, 1.165) is 11.1 Å². The Morgan fingerprint density at radius 3 is 2.65 bits per heavy atom. The van der Waals surface area contributed by atoms with Crippen molar-refractivity contribution in [3.63, 3.8) is 0 Å². The lowest BCUT2D eigenvalue weighted by Crippen LogP contribution is -2.19. The summed E-state index contributed by atoms with van der Waals surface area (Å²) in [4.78, 5) is 3.94. The second-order valence-corrected chi connectivity index (χ2v) is 6.76. The predicted molar refractivity (Wildman–Crippen MR) is 74.8 cm³/mol. The van der Waals surface area contributed by atoms with E-state index in [-0.39, 0.29) is 4.75 Å². The molecule has 0 aliphatic carbocycles. The van der Waals surface area contributed by atoms with Crippen LogP contribution in [0.2, 0.25) is 5.15 Å². The van der Waals surface area contributed by atoms with Crippen molar-refractivity contribution in [2.75, 3.05) is 0 Å². The standard InChI is InChI=1S/C12H15ClN2OS/c1-5-9-7-14-11(13)6-10(9)8-15-17(16)12(2,3)4/h5-8H,1H2,2-4H3/t17-/m0/s1. The van der Waals surface area contributed by atoms with Crippen molar-refractivity contribution >= 4 is 34.9 Å². The molecule has 0 amide bonds. The highest BCUT2D eigenvalue weighted by atomic mass is 35.5. The largest absolute Gasteiger partial charge is 0.244 e. The van der Waals surface area contributed by atoms with Gasteiger partial charge in [0.25, 0.3) is 0 Å². The smallest absolute Gasteiger partial charge is 0.144 e. The topological polar surface area (TPSA) is 42.3 Å². The number of halogens is 1. The highest BCUT2D eigenvalue weighted by Crippen LogP contribution is 2.15. The van der Waals surface area contributed by atoms with E-state index in [9.17, 15) is 4.21 Å². The molecule has 0 aliphatic rings. The van der Waals surface area contributed by atoms with Gasteiger partial charge >= 0.3 is 0 Å². The maximum atomic E-state index is 11.8. The summed E-state index contributed by atoms with van der Waals surface area (Å²) in [5.74, 6) is 0. The first-order valence-corrected chi connectivity index (χ1v) is 6.57. The van der Waals surface area contributed by atoms with Crippen LogP contribution >= 0.6 is 11.6 Å². The molecule has 0 unspecified atom stereocenters. The summed E-state index contributed by atoms with van der Waals surface area (Å²) in [7, 11) is -1.28. The monoisotopic (exact) mass is 270 g/mol. The lowest BCUT2D eigenvalue weighted by Gasteiger charge is -2.12. The molecule has 92 valence electrons. The van der Waals surface area contributed by atoms with Crippen molar-refractivity contribution < 1.29 is 4.21 Å². The third-order valence-electron chi connectivity index (χ3n) is 1.97. The maximum Gasteiger partial charge on any atom is 0.144 e. The Kier molecular flexibility index (Phi) is 4.60. The average Bonchev–Trinajstić information content (AvgIpc) is 2.24. The van der Waals surface area contributed by atoms with E-state index in [2.05, 4.69) is 16.0 Å². The average molecular weight is 271 g/mol. The molecule has 0 radical (unpaired) electrons. The van der Waals surface area contributed by atoms with E-state index < -0.39 is 11.0 Å². The van der Waals surface area contributed by atoms with E-state index in [1.165, 1.54) is 0 Å². The van der Waals surface area contributed by atoms with Gasteiger partial charge in [-0.1, -0.05) is 24.3 Å². The Morgan fingerprint density at radius 1 is 1.47 bits per heavy atom. The molecule has 3 nitrogen and oxygen atoms in total. The number of aromatic nitrogens is 1. The fourth-order valence-corrected chi connectivity index (χ4v) is 1.69. The number of nitrogens with zero attached hydrogens (tertiary/aromatic N) is 2. The van der Waals surface area contributed by atoms with Gasteiger partial charge in [0.1, 0.15) is 16.1 Å². The lowest BCUT2D eigenvalue weighted by atomic mass is 10.1. The minimum absolute atomic E-state index is 0.373. The summed E-state index contributed by atoms with van der Waals surface area (Å²) in [6.07, 6.45) is 4.81. The molecule has 0 aliphatic heterocycles. The quantitative estimate of drug-likeness (QED) is 0.625. The van der Waals surface area contributed by atoms with Gasteiger partial charge in [0.05, 0.1) is 4.75 Å². The minimum Gasteiger partial charge on any atom is -0.244 e. The number of hydrogen-bond acceptors (Lipinski definition) is 2. The van der Waals surface area contributed by atoms with Crippen molar-refractivity contribution in [2.24, 2.45) is 4.40 Å².